The van der Waals surface area contributed by atoms with Crippen LogP contribution in [0.4, 0.5) is 0 Å². The zero-order valence-corrected chi connectivity index (χ0v) is 10.6. The van der Waals surface area contributed by atoms with Gasteiger partial charge in [-0.25, -0.2) is 0 Å². The number of nitrogens with zero attached hydrogens (tertiary/aromatic N) is 1. The fourth-order valence-corrected chi connectivity index (χ4v) is 2.33. The molecule has 0 aromatic carbocycles. The minimum absolute atomic E-state index is 0.267. The predicted octanol–water partition coefficient (Wildman–Crippen LogP) is 1.34. The molecule has 1 heterocycles. The van der Waals surface area contributed by atoms with Gasteiger partial charge in [-0.1, -0.05) is 0 Å². The van der Waals surface area contributed by atoms with Crippen LogP contribution in [-0.4, -0.2) is 48.5 Å². The summed E-state index contributed by atoms with van der Waals surface area (Å²) >= 11 is 1.85. The van der Waals surface area contributed by atoms with E-state index in [2.05, 4.69) is 18.5 Å². The van der Waals surface area contributed by atoms with Gasteiger partial charge in [-0.15, -0.1) is 0 Å². The monoisotopic (exact) mass is 230 g/mol. The molecule has 0 spiro atoms. The van der Waals surface area contributed by atoms with E-state index in [1.165, 1.54) is 12.8 Å². The third kappa shape index (κ3) is 4.89. The molecule has 0 aliphatic carbocycles. The molecule has 1 rings (SSSR count). The maximum absolute atomic E-state index is 11.7. The van der Waals surface area contributed by atoms with Gasteiger partial charge in [-0.05, 0) is 38.2 Å². The molecule has 15 heavy (non-hydrogen) atoms. The number of hydrogen-bond donors (Lipinski definition) is 1. The van der Waals surface area contributed by atoms with Crippen LogP contribution in [0.15, 0.2) is 0 Å². The van der Waals surface area contributed by atoms with E-state index in [1.54, 1.807) is 0 Å². The van der Waals surface area contributed by atoms with Gasteiger partial charge < -0.3 is 10.2 Å². The standard InChI is InChI=1S/C11H22N2OS/c1-10(5-8-15-2)12-9-11(14)13-6-3-4-7-13/h10,12H,3-9H2,1-2H3. The molecular weight excluding hydrogens is 208 g/mol. The lowest BCUT2D eigenvalue weighted by atomic mass is 10.2. The Bertz CT molecular complexity index is 193. The highest BCUT2D eigenvalue weighted by molar-refractivity contribution is 7.98. The Labute approximate surface area is 97.0 Å². The van der Waals surface area contributed by atoms with E-state index in [0.717, 1.165) is 25.3 Å². The van der Waals surface area contributed by atoms with Gasteiger partial charge in [0.2, 0.25) is 5.91 Å². The minimum Gasteiger partial charge on any atom is -0.342 e. The lowest BCUT2D eigenvalue weighted by Crippen LogP contribution is -2.39. The number of hydrogen-bond acceptors (Lipinski definition) is 3. The van der Waals surface area contributed by atoms with Gasteiger partial charge in [-0.2, -0.15) is 11.8 Å². The quantitative estimate of drug-likeness (QED) is 0.747. The Morgan fingerprint density at radius 1 is 1.47 bits per heavy atom. The highest BCUT2D eigenvalue weighted by Gasteiger charge is 2.17. The van der Waals surface area contributed by atoms with Crippen LogP contribution in [0.3, 0.4) is 0 Å². The highest BCUT2D eigenvalue weighted by Crippen LogP contribution is 2.07. The molecule has 0 aromatic heterocycles. The summed E-state index contributed by atoms with van der Waals surface area (Å²) in [6, 6.07) is 0.448. The number of thioether (sulfide) groups is 1. The first-order chi connectivity index (χ1) is 7.24. The van der Waals surface area contributed by atoms with Crippen molar-refractivity contribution in [2.75, 3.05) is 31.6 Å². The van der Waals surface area contributed by atoms with Crippen molar-refractivity contribution >= 4 is 17.7 Å². The van der Waals surface area contributed by atoms with Crippen LogP contribution in [-0.2, 0) is 4.79 Å². The molecule has 1 unspecified atom stereocenters. The van der Waals surface area contributed by atoms with E-state index < -0.39 is 0 Å². The highest BCUT2D eigenvalue weighted by atomic mass is 32.2. The second kappa shape index (κ2) is 7.12. The number of carbonyl (C=O) groups excluding carboxylic acids is 1. The molecule has 4 heteroatoms. The van der Waals surface area contributed by atoms with Crippen molar-refractivity contribution in [2.24, 2.45) is 0 Å². The number of rotatable bonds is 6. The molecular formula is C11H22N2OS. The number of amides is 1. The van der Waals surface area contributed by atoms with Gasteiger partial charge in [0.05, 0.1) is 6.54 Å². The van der Waals surface area contributed by atoms with Crippen LogP contribution < -0.4 is 5.32 Å². The van der Waals surface area contributed by atoms with Crippen LogP contribution in [0.5, 0.6) is 0 Å². The lowest BCUT2D eigenvalue weighted by Gasteiger charge is -2.18. The summed E-state index contributed by atoms with van der Waals surface area (Å²) in [5.74, 6) is 1.43. The Morgan fingerprint density at radius 2 is 2.13 bits per heavy atom. The predicted molar refractivity (Wildman–Crippen MR) is 66.3 cm³/mol. The summed E-state index contributed by atoms with van der Waals surface area (Å²) < 4.78 is 0. The summed E-state index contributed by atoms with van der Waals surface area (Å²) in [7, 11) is 0. The van der Waals surface area contributed by atoms with Crippen molar-refractivity contribution in [2.45, 2.75) is 32.2 Å². The lowest BCUT2D eigenvalue weighted by molar-refractivity contribution is -0.129. The molecule has 0 aromatic rings. The van der Waals surface area contributed by atoms with Crippen LogP contribution in [0.2, 0.25) is 0 Å². The van der Waals surface area contributed by atoms with Crippen LogP contribution in [0.25, 0.3) is 0 Å². The molecule has 88 valence electrons. The van der Waals surface area contributed by atoms with E-state index in [-0.39, 0.29) is 5.91 Å². The zero-order chi connectivity index (χ0) is 11.1. The summed E-state index contributed by atoms with van der Waals surface area (Å²) in [6.07, 6.45) is 5.60. The molecule has 1 N–H and O–H groups in total. The summed E-state index contributed by atoms with van der Waals surface area (Å²) in [6.45, 7) is 4.57. The number of carbonyl (C=O) groups is 1. The first kappa shape index (κ1) is 12.8. The third-order valence-corrected chi connectivity index (χ3v) is 3.46. The Hall–Kier alpha value is -0.220. The van der Waals surface area contributed by atoms with Gasteiger partial charge in [0, 0.05) is 19.1 Å². The first-order valence-electron chi connectivity index (χ1n) is 5.74. The number of nitrogens with one attached hydrogen (secondary N) is 1. The van der Waals surface area contributed by atoms with Crippen molar-refractivity contribution in [3.8, 4) is 0 Å². The Kier molecular flexibility index (Phi) is 6.10. The van der Waals surface area contributed by atoms with Crippen molar-refractivity contribution in [1.29, 1.82) is 0 Å². The van der Waals surface area contributed by atoms with Crippen LogP contribution in [0, 0.1) is 0 Å². The van der Waals surface area contributed by atoms with Crippen molar-refractivity contribution in [3.63, 3.8) is 0 Å². The molecule has 1 saturated heterocycles. The van der Waals surface area contributed by atoms with E-state index >= 15 is 0 Å². The van der Waals surface area contributed by atoms with Crippen molar-refractivity contribution in [1.82, 2.24) is 10.2 Å². The summed E-state index contributed by atoms with van der Waals surface area (Å²) in [4.78, 5) is 13.6. The fraction of sp³-hybridized carbons (Fsp3) is 0.909. The summed E-state index contributed by atoms with van der Waals surface area (Å²) in [5.41, 5.74) is 0. The van der Waals surface area contributed by atoms with Gasteiger partial charge in [0.15, 0.2) is 0 Å². The largest absolute Gasteiger partial charge is 0.342 e. The summed E-state index contributed by atoms with van der Waals surface area (Å²) in [5, 5.41) is 3.29. The van der Waals surface area contributed by atoms with Gasteiger partial charge in [-0.3, -0.25) is 4.79 Å². The molecule has 1 aliphatic heterocycles. The van der Waals surface area contributed by atoms with Gasteiger partial charge in [0.25, 0.3) is 0 Å². The fourth-order valence-electron chi connectivity index (χ4n) is 1.74. The topological polar surface area (TPSA) is 32.3 Å². The van der Waals surface area contributed by atoms with Gasteiger partial charge in [0.1, 0.15) is 0 Å². The molecule has 0 radical (unpaired) electrons. The van der Waals surface area contributed by atoms with E-state index in [9.17, 15) is 4.79 Å². The van der Waals surface area contributed by atoms with E-state index in [4.69, 9.17) is 0 Å². The maximum atomic E-state index is 11.7. The first-order valence-corrected chi connectivity index (χ1v) is 7.13. The second-order valence-electron chi connectivity index (χ2n) is 4.15. The van der Waals surface area contributed by atoms with E-state index in [1.807, 2.05) is 16.7 Å². The van der Waals surface area contributed by atoms with Crippen LogP contribution in [0.1, 0.15) is 26.2 Å². The molecule has 0 saturated carbocycles. The smallest absolute Gasteiger partial charge is 0.236 e. The molecule has 1 fully saturated rings. The maximum Gasteiger partial charge on any atom is 0.236 e. The molecule has 1 atom stereocenters. The SMILES string of the molecule is CSCCC(C)NCC(=O)N1CCCC1. The average Bonchev–Trinajstić information content (AvgIpc) is 2.76. The normalized spacial score (nSPS) is 18.1. The second-order valence-corrected chi connectivity index (χ2v) is 5.14. The van der Waals surface area contributed by atoms with Crippen LogP contribution >= 0.6 is 11.8 Å². The van der Waals surface area contributed by atoms with Gasteiger partial charge >= 0.3 is 0 Å². The molecule has 3 nitrogen and oxygen atoms in total. The third-order valence-electron chi connectivity index (χ3n) is 2.82. The van der Waals surface area contributed by atoms with Crippen molar-refractivity contribution < 1.29 is 4.79 Å². The Morgan fingerprint density at radius 3 is 2.73 bits per heavy atom. The zero-order valence-electron chi connectivity index (χ0n) is 9.79. The Balaban J connectivity index is 2.10. The van der Waals surface area contributed by atoms with Crippen molar-refractivity contribution in [3.05, 3.63) is 0 Å². The van der Waals surface area contributed by atoms with E-state index in [0.29, 0.717) is 12.6 Å². The minimum atomic E-state index is 0.267. The molecule has 1 amide bonds. The molecule has 0 bridgehead atoms. The molecule has 1 aliphatic rings. The average molecular weight is 230 g/mol. The number of likely N-dealkylation sites (tertiary alicyclic amines) is 1.